The maximum atomic E-state index is 4.42. The van der Waals surface area contributed by atoms with E-state index in [4.69, 9.17) is 0 Å². The molecule has 84 valence electrons. The van der Waals surface area contributed by atoms with Crippen molar-refractivity contribution in [1.29, 1.82) is 0 Å². The molecule has 0 atom stereocenters. The third-order valence-electron chi connectivity index (χ3n) is 2.70. The maximum Gasteiger partial charge on any atom is 0.127 e. The number of para-hydroxylation sites is 1. The highest BCUT2D eigenvalue weighted by atomic mass is 15.1. The highest BCUT2D eigenvalue weighted by Crippen LogP contribution is 2.18. The Kier molecular flexibility index (Phi) is 3.06. The molecule has 0 bridgehead atoms. The van der Waals surface area contributed by atoms with Crippen LogP contribution in [0.4, 0.5) is 0 Å². The molecular formula is C13H17N3. The summed E-state index contributed by atoms with van der Waals surface area (Å²) in [7, 11) is 1.94. The molecule has 0 unspecified atom stereocenters. The van der Waals surface area contributed by atoms with Crippen LogP contribution in [0.1, 0.15) is 17.1 Å². The summed E-state index contributed by atoms with van der Waals surface area (Å²) in [6.07, 6.45) is 1.92. The van der Waals surface area contributed by atoms with E-state index in [1.54, 1.807) is 0 Å². The first-order valence-electron chi connectivity index (χ1n) is 5.48. The van der Waals surface area contributed by atoms with E-state index in [9.17, 15) is 0 Å². The van der Waals surface area contributed by atoms with Crippen molar-refractivity contribution in [3.63, 3.8) is 0 Å². The molecule has 0 aliphatic heterocycles. The van der Waals surface area contributed by atoms with Crippen LogP contribution < -0.4 is 5.32 Å². The molecule has 16 heavy (non-hydrogen) atoms. The van der Waals surface area contributed by atoms with Crippen LogP contribution in [-0.2, 0) is 6.54 Å². The van der Waals surface area contributed by atoms with E-state index in [0.717, 1.165) is 12.4 Å². The van der Waals surface area contributed by atoms with Crippen LogP contribution in [0.3, 0.4) is 0 Å². The van der Waals surface area contributed by atoms with Gasteiger partial charge in [0.1, 0.15) is 5.82 Å². The standard InChI is InChI=1S/C13H17N3/c1-10-6-4-5-7-12(10)16-11(2)8-15-13(16)9-14-3/h4-8,14H,9H2,1-3H3. The van der Waals surface area contributed by atoms with Crippen LogP contribution >= 0.6 is 0 Å². The molecule has 0 saturated carbocycles. The summed E-state index contributed by atoms with van der Waals surface area (Å²) in [6, 6.07) is 8.37. The first-order valence-corrected chi connectivity index (χ1v) is 5.48. The molecule has 3 nitrogen and oxygen atoms in total. The Morgan fingerprint density at radius 3 is 2.69 bits per heavy atom. The Labute approximate surface area is 96.1 Å². The van der Waals surface area contributed by atoms with Gasteiger partial charge in [-0.1, -0.05) is 18.2 Å². The minimum absolute atomic E-state index is 0.780. The first-order chi connectivity index (χ1) is 7.74. The van der Waals surface area contributed by atoms with Gasteiger partial charge in [0.05, 0.1) is 6.54 Å². The Hall–Kier alpha value is -1.61. The monoisotopic (exact) mass is 215 g/mol. The Morgan fingerprint density at radius 1 is 1.25 bits per heavy atom. The zero-order valence-corrected chi connectivity index (χ0v) is 9.99. The molecule has 2 rings (SSSR count). The number of hydrogen-bond acceptors (Lipinski definition) is 2. The quantitative estimate of drug-likeness (QED) is 0.850. The molecule has 1 heterocycles. The number of benzene rings is 1. The summed E-state index contributed by atoms with van der Waals surface area (Å²) >= 11 is 0. The van der Waals surface area contributed by atoms with Gasteiger partial charge >= 0.3 is 0 Å². The lowest BCUT2D eigenvalue weighted by molar-refractivity contribution is 0.735. The number of imidazole rings is 1. The average Bonchev–Trinajstić information content (AvgIpc) is 2.62. The fourth-order valence-electron chi connectivity index (χ4n) is 1.91. The number of aryl methyl sites for hydroxylation is 2. The molecule has 0 spiro atoms. The zero-order valence-electron chi connectivity index (χ0n) is 9.99. The highest BCUT2D eigenvalue weighted by molar-refractivity contribution is 5.42. The third kappa shape index (κ3) is 1.86. The Morgan fingerprint density at radius 2 is 2.00 bits per heavy atom. The van der Waals surface area contributed by atoms with Crippen LogP contribution in [-0.4, -0.2) is 16.6 Å². The minimum Gasteiger partial charge on any atom is -0.313 e. The van der Waals surface area contributed by atoms with Gasteiger partial charge in [0, 0.05) is 17.6 Å². The van der Waals surface area contributed by atoms with Crippen molar-refractivity contribution in [2.75, 3.05) is 7.05 Å². The van der Waals surface area contributed by atoms with Crippen LogP contribution in [0.2, 0.25) is 0 Å². The van der Waals surface area contributed by atoms with Crippen molar-refractivity contribution < 1.29 is 0 Å². The molecule has 0 aliphatic carbocycles. The van der Waals surface area contributed by atoms with Crippen LogP contribution in [0.5, 0.6) is 0 Å². The smallest absolute Gasteiger partial charge is 0.127 e. The Balaban J connectivity index is 2.54. The van der Waals surface area contributed by atoms with Gasteiger partial charge in [-0.25, -0.2) is 4.98 Å². The van der Waals surface area contributed by atoms with Gasteiger partial charge in [0.25, 0.3) is 0 Å². The molecule has 0 saturated heterocycles. The zero-order chi connectivity index (χ0) is 11.5. The number of rotatable bonds is 3. The van der Waals surface area contributed by atoms with Crippen molar-refractivity contribution in [2.45, 2.75) is 20.4 Å². The molecule has 0 fully saturated rings. The van der Waals surface area contributed by atoms with E-state index in [2.05, 4.69) is 53.0 Å². The molecule has 2 aromatic rings. The van der Waals surface area contributed by atoms with E-state index < -0.39 is 0 Å². The molecule has 0 radical (unpaired) electrons. The number of aromatic nitrogens is 2. The van der Waals surface area contributed by atoms with Crippen molar-refractivity contribution >= 4 is 0 Å². The second-order valence-corrected chi connectivity index (χ2v) is 3.97. The van der Waals surface area contributed by atoms with Crippen molar-refractivity contribution in [1.82, 2.24) is 14.9 Å². The molecule has 1 N–H and O–H groups in total. The van der Waals surface area contributed by atoms with E-state index in [1.165, 1.54) is 16.9 Å². The second-order valence-electron chi connectivity index (χ2n) is 3.97. The molecule has 0 amide bonds. The third-order valence-corrected chi connectivity index (χ3v) is 2.70. The lowest BCUT2D eigenvalue weighted by Crippen LogP contribution is -2.12. The summed E-state index contributed by atoms with van der Waals surface area (Å²) in [5.74, 6) is 1.05. The van der Waals surface area contributed by atoms with E-state index in [0.29, 0.717) is 0 Å². The van der Waals surface area contributed by atoms with E-state index in [1.807, 2.05) is 13.2 Å². The summed E-state index contributed by atoms with van der Waals surface area (Å²) in [4.78, 5) is 4.42. The predicted octanol–water partition coefficient (Wildman–Crippen LogP) is 2.21. The summed E-state index contributed by atoms with van der Waals surface area (Å²) < 4.78 is 2.20. The van der Waals surface area contributed by atoms with Crippen LogP contribution in [0, 0.1) is 13.8 Å². The van der Waals surface area contributed by atoms with Crippen molar-refractivity contribution in [3.8, 4) is 5.69 Å². The molecule has 1 aromatic carbocycles. The fourth-order valence-corrected chi connectivity index (χ4v) is 1.91. The van der Waals surface area contributed by atoms with E-state index in [-0.39, 0.29) is 0 Å². The number of nitrogens with zero attached hydrogens (tertiary/aromatic N) is 2. The van der Waals surface area contributed by atoms with Gasteiger partial charge in [-0.2, -0.15) is 0 Å². The molecular weight excluding hydrogens is 198 g/mol. The lowest BCUT2D eigenvalue weighted by atomic mass is 10.2. The van der Waals surface area contributed by atoms with Crippen molar-refractivity contribution in [3.05, 3.63) is 47.5 Å². The largest absolute Gasteiger partial charge is 0.313 e. The summed E-state index contributed by atoms with van der Waals surface area (Å²) in [5, 5.41) is 3.14. The predicted molar refractivity (Wildman–Crippen MR) is 65.8 cm³/mol. The van der Waals surface area contributed by atoms with Crippen LogP contribution in [0.25, 0.3) is 5.69 Å². The lowest BCUT2D eigenvalue weighted by Gasteiger charge is -2.12. The van der Waals surface area contributed by atoms with Gasteiger partial charge in [0.2, 0.25) is 0 Å². The molecule has 0 aliphatic rings. The molecule has 1 aromatic heterocycles. The van der Waals surface area contributed by atoms with E-state index >= 15 is 0 Å². The van der Waals surface area contributed by atoms with Crippen LogP contribution in [0.15, 0.2) is 30.5 Å². The second kappa shape index (κ2) is 4.49. The van der Waals surface area contributed by atoms with Gasteiger partial charge in [-0.15, -0.1) is 0 Å². The van der Waals surface area contributed by atoms with Gasteiger partial charge in [0.15, 0.2) is 0 Å². The average molecular weight is 215 g/mol. The molecule has 3 heteroatoms. The summed E-state index contributed by atoms with van der Waals surface area (Å²) in [5.41, 5.74) is 3.64. The van der Waals surface area contributed by atoms with Gasteiger partial charge < -0.3 is 5.32 Å². The van der Waals surface area contributed by atoms with Gasteiger partial charge in [-0.05, 0) is 32.5 Å². The maximum absolute atomic E-state index is 4.42. The summed E-state index contributed by atoms with van der Waals surface area (Å²) in [6.45, 7) is 4.98. The SMILES string of the molecule is CNCc1ncc(C)n1-c1ccccc1C. The van der Waals surface area contributed by atoms with Gasteiger partial charge in [-0.3, -0.25) is 4.57 Å². The topological polar surface area (TPSA) is 29.9 Å². The highest BCUT2D eigenvalue weighted by Gasteiger charge is 2.09. The first kappa shape index (κ1) is 10.9. The number of hydrogen-bond donors (Lipinski definition) is 1. The minimum atomic E-state index is 0.780. The normalized spacial score (nSPS) is 10.7. The van der Waals surface area contributed by atoms with Crippen molar-refractivity contribution in [2.24, 2.45) is 0 Å². The Bertz CT molecular complexity index is 486. The number of nitrogens with one attached hydrogen (secondary N) is 1. The fraction of sp³-hybridized carbons (Fsp3) is 0.308.